The maximum atomic E-state index is 12.6. The molecule has 0 aliphatic heterocycles. The van der Waals surface area contributed by atoms with E-state index in [2.05, 4.69) is 98.9 Å². The number of phosphoric ester groups is 1. The van der Waals surface area contributed by atoms with Gasteiger partial charge in [-0.2, -0.15) is 0 Å². The fourth-order valence-electron chi connectivity index (χ4n) is 7.05. The molecule has 3 N–H and O–H groups in total. The van der Waals surface area contributed by atoms with Crippen molar-refractivity contribution in [2.45, 2.75) is 225 Å². The molecule has 2 unspecified atom stereocenters. The monoisotopic (exact) mass is 916 g/mol. The Kier molecular flexibility index (Phi) is 49.8. The zero-order valence-electron chi connectivity index (χ0n) is 41.2. The molecule has 0 radical (unpaired) electrons. The van der Waals surface area contributed by atoms with Gasteiger partial charge in [0, 0.05) is 19.6 Å². The Morgan fingerprint density at radius 2 is 0.859 bits per heavy atom. The van der Waals surface area contributed by atoms with Gasteiger partial charge in [0.1, 0.15) is 6.10 Å². The van der Waals surface area contributed by atoms with E-state index in [4.69, 9.17) is 24.3 Å². The molecule has 0 saturated heterocycles. The third-order valence-corrected chi connectivity index (χ3v) is 11.8. The fourth-order valence-corrected chi connectivity index (χ4v) is 7.81. The first kappa shape index (κ1) is 61.7. The summed E-state index contributed by atoms with van der Waals surface area (Å²) in [5.41, 5.74) is 5.39. The Hall–Kier alpha value is -2.32. The lowest BCUT2D eigenvalue weighted by atomic mass is 10.0. The van der Waals surface area contributed by atoms with Crippen LogP contribution in [0.2, 0.25) is 0 Å². The first-order chi connectivity index (χ1) is 31.4. The number of allylic oxidation sites excluding steroid dienone is 14. The maximum absolute atomic E-state index is 12.6. The van der Waals surface area contributed by atoms with Crippen molar-refractivity contribution in [1.29, 1.82) is 0 Å². The minimum Gasteiger partial charge on any atom is -0.457 e. The lowest BCUT2D eigenvalue weighted by Gasteiger charge is -2.20. The van der Waals surface area contributed by atoms with Crippen molar-refractivity contribution < 1.29 is 32.8 Å². The summed E-state index contributed by atoms with van der Waals surface area (Å²) in [6.45, 7) is 4.75. The molecule has 64 heavy (non-hydrogen) atoms. The molecule has 8 nitrogen and oxygen atoms in total. The second kappa shape index (κ2) is 51.7. The van der Waals surface area contributed by atoms with E-state index in [-0.39, 0.29) is 38.8 Å². The first-order valence-corrected chi connectivity index (χ1v) is 27.6. The summed E-state index contributed by atoms with van der Waals surface area (Å²) in [4.78, 5) is 22.6. The highest BCUT2D eigenvalue weighted by Crippen LogP contribution is 2.43. The minimum atomic E-state index is -4.30. The van der Waals surface area contributed by atoms with Crippen molar-refractivity contribution >= 4 is 13.8 Å². The fraction of sp³-hybridized carbons (Fsp3) is 0.727. The van der Waals surface area contributed by atoms with E-state index in [0.717, 1.165) is 64.2 Å². The van der Waals surface area contributed by atoms with Crippen LogP contribution < -0.4 is 5.73 Å². The Labute approximate surface area is 394 Å². The average Bonchev–Trinajstić information content (AvgIpc) is 3.29. The Morgan fingerprint density at radius 3 is 1.25 bits per heavy atom. The molecular weight excluding hydrogens is 818 g/mol. The van der Waals surface area contributed by atoms with Crippen LogP contribution >= 0.6 is 7.82 Å². The molecule has 0 fully saturated rings. The molecular formula is C55H98NO7P. The summed E-state index contributed by atoms with van der Waals surface area (Å²) in [6, 6.07) is 0. The number of carbonyl (C=O) groups is 1. The van der Waals surface area contributed by atoms with Crippen molar-refractivity contribution in [3.8, 4) is 0 Å². The second-order valence-electron chi connectivity index (χ2n) is 17.0. The van der Waals surface area contributed by atoms with Crippen LogP contribution in [-0.4, -0.2) is 49.9 Å². The van der Waals surface area contributed by atoms with Crippen molar-refractivity contribution in [2.75, 3.05) is 33.0 Å². The van der Waals surface area contributed by atoms with Gasteiger partial charge in [-0.15, -0.1) is 0 Å². The highest BCUT2D eigenvalue weighted by atomic mass is 31.2. The molecule has 0 aromatic carbocycles. The van der Waals surface area contributed by atoms with E-state index >= 15 is 0 Å². The van der Waals surface area contributed by atoms with Gasteiger partial charge in [-0.05, 0) is 64.2 Å². The highest BCUT2D eigenvalue weighted by molar-refractivity contribution is 7.47. The number of unbranched alkanes of at least 4 members (excludes halogenated alkanes) is 22. The molecule has 0 heterocycles. The quantitative estimate of drug-likeness (QED) is 0.0268. The smallest absolute Gasteiger partial charge is 0.457 e. The van der Waals surface area contributed by atoms with Crippen molar-refractivity contribution in [3.63, 3.8) is 0 Å². The SMILES string of the molecule is CC/C=C\C/C=C\C/C=C\C/C=C\C/C=C\C/C=C\C/C=C\CCCC(=O)OC(COCCCCCCCCCCCCCCCCCCCCCCCC)COP(=O)(O)OCCN. The Balaban J connectivity index is 4.05. The van der Waals surface area contributed by atoms with Gasteiger partial charge in [0.05, 0.1) is 19.8 Å². The molecule has 0 bridgehead atoms. The number of phosphoric acid groups is 1. The number of hydrogen-bond donors (Lipinski definition) is 2. The van der Waals surface area contributed by atoms with Crippen LogP contribution in [0.1, 0.15) is 219 Å². The number of ether oxygens (including phenoxy) is 2. The van der Waals surface area contributed by atoms with Gasteiger partial charge in [0.2, 0.25) is 0 Å². The summed E-state index contributed by atoms with van der Waals surface area (Å²) in [5, 5.41) is 0. The number of carbonyl (C=O) groups excluding carboxylic acids is 1. The standard InChI is InChI=1S/C55H98NO7P/c1-3-5-7-9-11-13-15-17-19-21-23-25-27-28-30-32-34-36-38-40-42-44-46-48-55(57)63-54(53-62-64(58,59)61-51-49-56)52-60-50-47-45-43-41-39-37-35-33-31-29-26-24-22-20-18-16-14-12-10-8-6-4-2/h5,7,11,13,17,19,23,25,28,30,34,36,40,42,54H,3-4,6,8-10,12,14-16,18,20-22,24,26-27,29,31-33,35,37-39,41,43-53,56H2,1-2H3,(H,58,59)/b7-5-,13-11-,19-17-,25-23-,30-28-,36-34-,42-40-. The molecule has 0 rings (SSSR count). The molecule has 0 aliphatic carbocycles. The minimum absolute atomic E-state index is 0.0881. The zero-order chi connectivity index (χ0) is 46.5. The third kappa shape index (κ3) is 50.7. The number of esters is 1. The molecule has 0 aromatic rings. The van der Waals surface area contributed by atoms with Crippen LogP contribution in [0.4, 0.5) is 0 Å². The summed E-state index contributed by atoms with van der Waals surface area (Å²) < 4.78 is 33.5. The van der Waals surface area contributed by atoms with Crippen LogP contribution in [0.25, 0.3) is 0 Å². The molecule has 0 spiro atoms. The van der Waals surface area contributed by atoms with Gasteiger partial charge in [-0.1, -0.05) is 234 Å². The highest BCUT2D eigenvalue weighted by Gasteiger charge is 2.25. The molecule has 9 heteroatoms. The lowest BCUT2D eigenvalue weighted by molar-refractivity contribution is -0.154. The van der Waals surface area contributed by atoms with Gasteiger partial charge in [-0.3, -0.25) is 13.8 Å². The average molecular weight is 916 g/mol. The zero-order valence-corrected chi connectivity index (χ0v) is 42.1. The van der Waals surface area contributed by atoms with E-state index in [9.17, 15) is 14.3 Å². The van der Waals surface area contributed by atoms with E-state index in [1.165, 1.54) is 128 Å². The number of hydrogen-bond acceptors (Lipinski definition) is 7. The molecule has 0 amide bonds. The largest absolute Gasteiger partial charge is 0.472 e. The van der Waals surface area contributed by atoms with Gasteiger partial charge in [-0.25, -0.2) is 4.57 Å². The van der Waals surface area contributed by atoms with Crippen LogP contribution in [0.5, 0.6) is 0 Å². The molecule has 0 aliphatic rings. The van der Waals surface area contributed by atoms with E-state index in [1.807, 2.05) is 0 Å². The maximum Gasteiger partial charge on any atom is 0.472 e. The summed E-state index contributed by atoms with van der Waals surface area (Å²) >= 11 is 0. The van der Waals surface area contributed by atoms with Crippen molar-refractivity contribution in [3.05, 3.63) is 85.1 Å². The lowest BCUT2D eigenvalue weighted by Crippen LogP contribution is -2.28. The summed E-state index contributed by atoms with van der Waals surface area (Å²) in [5.74, 6) is -0.387. The summed E-state index contributed by atoms with van der Waals surface area (Å²) in [7, 11) is -4.30. The van der Waals surface area contributed by atoms with Gasteiger partial charge >= 0.3 is 13.8 Å². The molecule has 0 saturated carbocycles. The van der Waals surface area contributed by atoms with Crippen molar-refractivity contribution in [1.82, 2.24) is 0 Å². The van der Waals surface area contributed by atoms with Gasteiger partial charge in [0.25, 0.3) is 0 Å². The predicted octanol–water partition coefficient (Wildman–Crippen LogP) is 16.4. The Bertz CT molecular complexity index is 1260. The molecule has 0 aromatic heterocycles. The van der Waals surface area contributed by atoms with E-state index in [0.29, 0.717) is 13.0 Å². The normalized spacial score (nSPS) is 14.0. The van der Waals surface area contributed by atoms with Crippen LogP contribution in [0.15, 0.2) is 85.1 Å². The third-order valence-electron chi connectivity index (χ3n) is 10.8. The topological polar surface area (TPSA) is 117 Å². The Morgan fingerprint density at radius 1 is 0.484 bits per heavy atom. The predicted molar refractivity (Wildman–Crippen MR) is 275 cm³/mol. The summed E-state index contributed by atoms with van der Waals surface area (Å²) in [6.07, 6.45) is 67.7. The van der Waals surface area contributed by atoms with Crippen molar-refractivity contribution in [2.24, 2.45) is 5.73 Å². The van der Waals surface area contributed by atoms with Gasteiger partial charge < -0.3 is 20.1 Å². The number of rotatable bonds is 49. The van der Waals surface area contributed by atoms with E-state index < -0.39 is 13.9 Å². The van der Waals surface area contributed by atoms with Crippen LogP contribution in [0.3, 0.4) is 0 Å². The first-order valence-electron chi connectivity index (χ1n) is 26.1. The van der Waals surface area contributed by atoms with Crippen LogP contribution in [0, 0.1) is 0 Å². The second-order valence-corrected chi connectivity index (χ2v) is 18.5. The van der Waals surface area contributed by atoms with Crippen LogP contribution in [-0.2, 0) is 27.9 Å². The molecule has 2 atom stereocenters. The van der Waals surface area contributed by atoms with E-state index in [1.54, 1.807) is 0 Å². The molecule has 370 valence electrons. The van der Waals surface area contributed by atoms with Gasteiger partial charge in [0.15, 0.2) is 0 Å². The number of nitrogens with two attached hydrogens (primary N) is 1.